The van der Waals surface area contributed by atoms with Crippen LogP contribution in [0.3, 0.4) is 0 Å². The number of halogens is 1. The van der Waals surface area contributed by atoms with Crippen LogP contribution in [0.15, 0.2) is 47.1 Å². The van der Waals surface area contributed by atoms with Crippen molar-refractivity contribution in [3.63, 3.8) is 0 Å². The summed E-state index contributed by atoms with van der Waals surface area (Å²) in [7, 11) is -1.90. The number of carbonyl (C=O) groups excluding carboxylic acids is 1. The van der Waals surface area contributed by atoms with Crippen LogP contribution >= 0.6 is 15.9 Å². The van der Waals surface area contributed by atoms with Crippen LogP contribution in [0.25, 0.3) is 0 Å². The standard InChI is InChI=1S/C26H35BrN2OSi/c1-18(2)31(19(3)4,20(5)6)16-14-21-12-13-22(27)17-23(21)25(30)29-26(7,8)24-11-9-10-15-28-24/h9-13,15,17-20H,1-8H3,(H,29,30). The van der Waals surface area contributed by atoms with Gasteiger partial charge < -0.3 is 5.32 Å². The topological polar surface area (TPSA) is 42.0 Å². The van der Waals surface area contributed by atoms with Gasteiger partial charge in [0, 0.05) is 16.2 Å². The lowest BCUT2D eigenvalue weighted by Gasteiger charge is -2.38. The van der Waals surface area contributed by atoms with Crippen molar-refractivity contribution in [2.75, 3.05) is 0 Å². The van der Waals surface area contributed by atoms with Crippen LogP contribution in [-0.4, -0.2) is 19.0 Å². The third kappa shape index (κ3) is 5.67. The molecule has 0 aliphatic carbocycles. The first kappa shape index (κ1) is 25.4. The molecule has 0 unspecified atom stereocenters. The lowest BCUT2D eigenvalue weighted by molar-refractivity contribution is 0.0910. The van der Waals surface area contributed by atoms with Crippen molar-refractivity contribution in [3.05, 3.63) is 63.9 Å². The quantitative estimate of drug-likeness (QED) is 0.341. The molecule has 0 bridgehead atoms. The number of benzene rings is 1. The van der Waals surface area contributed by atoms with Gasteiger partial charge in [0.05, 0.1) is 16.8 Å². The highest BCUT2D eigenvalue weighted by Crippen LogP contribution is 2.40. The van der Waals surface area contributed by atoms with Crippen molar-refractivity contribution < 1.29 is 4.79 Å². The van der Waals surface area contributed by atoms with Gasteiger partial charge in [-0.2, -0.15) is 0 Å². The Bertz CT molecular complexity index is 950. The molecule has 2 aromatic rings. The number of nitrogens with one attached hydrogen (secondary N) is 1. The van der Waals surface area contributed by atoms with Crippen LogP contribution < -0.4 is 5.32 Å². The van der Waals surface area contributed by atoms with E-state index in [2.05, 4.69) is 79.2 Å². The molecule has 1 amide bonds. The minimum atomic E-state index is -1.90. The third-order valence-corrected chi connectivity index (χ3v) is 13.0. The summed E-state index contributed by atoms with van der Waals surface area (Å²) in [6, 6.07) is 11.5. The molecule has 1 N–H and O–H groups in total. The molecule has 166 valence electrons. The van der Waals surface area contributed by atoms with E-state index in [1.165, 1.54) is 0 Å². The molecule has 3 nitrogen and oxygen atoms in total. The number of rotatable bonds is 6. The maximum atomic E-state index is 13.3. The molecular weight excluding hydrogens is 464 g/mol. The average Bonchev–Trinajstić information content (AvgIpc) is 2.68. The molecule has 0 atom stereocenters. The number of amides is 1. The number of pyridine rings is 1. The summed E-state index contributed by atoms with van der Waals surface area (Å²) in [6.45, 7) is 17.7. The van der Waals surface area contributed by atoms with Gasteiger partial charge >= 0.3 is 0 Å². The molecule has 1 aromatic heterocycles. The van der Waals surface area contributed by atoms with E-state index in [0.29, 0.717) is 22.2 Å². The predicted octanol–water partition coefficient (Wildman–Crippen LogP) is 7.08. The van der Waals surface area contributed by atoms with Crippen LogP contribution in [0.5, 0.6) is 0 Å². The van der Waals surface area contributed by atoms with Crippen LogP contribution in [0.2, 0.25) is 16.6 Å². The lowest BCUT2D eigenvalue weighted by atomic mass is 9.98. The fourth-order valence-corrected chi connectivity index (χ4v) is 10.1. The van der Waals surface area contributed by atoms with Crippen molar-refractivity contribution in [2.45, 2.75) is 77.6 Å². The number of carbonyl (C=O) groups is 1. The van der Waals surface area contributed by atoms with Gasteiger partial charge in [-0.3, -0.25) is 9.78 Å². The summed E-state index contributed by atoms with van der Waals surface area (Å²) in [6.07, 6.45) is 1.74. The van der Waals surface area contributed by atoms with Gasteiger partial charge in [0.2, 0.25) is 0 Å². The Morgan fingerprint density at radius 2 is 1.65 bits per heavy atom. The van der Waals surface area contributed by atoms with E-state index in [-0.39, 0.29) is 5.91 Å². The minimum Gasteiger partial charge on any atom is -0.341 e. The van der Waals surface area contributed by atoms with Crippen LogP contribution in [0.1, 0.15) is 77.0 Å². The molecule has 0 saturated heterocycles. The SMILES string of the molecule is CC(C)[Si](C#Cc1ccc(Br)cc1C(=O)NC(C)(C)c1ccccn1)(C(C)C)C(C)C. The Hall–Kier alpha value is -1.90. The second kappa shape index (κ2) is 10.1. The number of nitrogens with zero attached hydrogens (tertiary/aromatic N) is 1. The maximum absolute atomic E-state index is 13.3. The molecule has 5 heteroatoms. The molecule has 0 aliphatic rings. The second-order valence-corrected chi connectivity index (χ2v) is 16.1. The predicted molar refractivity (Wildman–Crippen MR) is 137 cm³/mol. The van der Waals surface area contributed by atoms with Gasteiger partial charge in [0.1, 0.15) is 8.07 Å². The summed E-state index contributed by atoms with van der Waals surface area (Å²) in [4.78, 5) is 17.7. The third-order valence-electron chi connectivity index (χ3n) is 6.24. The van der Waals surface area contributed by atoms with Crippen molar-refractivity contribution in [3.8, 4) is 11.5 Å². The highest BCUT2D eigenvalue weighted by molar-refractivity contribution is 9.10. The first-order valence-electron chi connectivity index (χ1n) is 11.0. The van der Waals surface area contributed by atoms with Gasteiger partial charge in [-0.1, -0.05) is 69.5 Å². The second-order valence-electron chi connectivity index (χ2n) is 9.63. The molecular formula is C26H35BrN2OSi. The number of hydrogen-bond donors (Lipinski definition) is 1. The maximum Gasteiger partial charge on any atom is 0.253 e. The molecule has 1 aromatic carbocycles. The van der Waals surface area contributed by atoms with E-state index < -0.39 is 13.6 Å². The molecule has 2 rings (SSSR count). The van der Waals surface area contributed by atoms with E-state index >= 15 is 0 Å². The van der Waals surface area contributed by atoms with E-state index in [1.807, 2.05) is 50.2 Å². The average molecular weight is 500 g/mol. The summed E-state index contributed by atoms with van der Waals surface area (Å²) < 4.78 is 0.860. The van der Waals surface area contributed by atoms with Crippen molar-refractivity contribution >= 4 is 29.9 Å². The molecule has 0 aliphatic heterocycles. The molecule has 0 radical (unpaired) electrons. The monoisotopic (exact) mass is 498 g/mol. The zero-order chi connectivity index (χ0) is 23.4. The Morgan fingerprint density at radius 3 is 2.16 bits per heavy atom. The first-order chi connectivity index (χ1) is 14.4. The fraction of sp³-hybridized carbons (Fsp3) is 0.462. The highest BCUT2D eigenvalue weighted by Gasteiger charge is 2.41. The van der Waals surface area contributed by atoms with E-state index in [9.17, 15) is 4.79 Å². The fourth-order valence-electron chi connectivity index (χ4n) is 4.57. The van der Waals surface area contributed by atoms with E-state index in [1.54, 1.807) is 6.20 Å². The largest absolute Gasteiger partial charge is 0.341 e. The zero-order valence-electron chi connectivity index (χ0n) is 20.0. The lowest BCUT2D eigenvalue weighted by Crippen LogP contribution is -2.43. The van der Waals surface area contributed by atoms with Crippen molar-refractivity contribution in [2.24, 2.45) is 0 Å². The van der Waals surface area contributed by atoms with Gasteiger partial charge in [0.25, 0.3) is 5.91 Å². The van der Waals surface area contributed by atoms with Crippen LogP contribution in [0, 0.1) is 11.5 Å². The van der Waals surface area contributed by atoms with E-state index in [4.69, 9.17) is 0 Å². The highest BCUT2D eigenvalue weighted by atomic mass is 79.9. The molecule has 31 heavy (non-hydrogen) atoms. The van der Waals surface area contributed by atoms with Crippen molar-refractivity contribution in [1.29, 1.82) is 0 Å². The van der Waals surface area contributed by atoms with Gasteiger partial charge in [-0.05, 0) is 60.8 Å². The van der Waals surface area contributed by atoms with Crippen LogP contribution in [0.4, 0.5) is 0 Å². The summed E-state index contributed by atoms with van der Waals surface area (Å²) >= 11 is 3.52. The molecule has 0 saturated carbocycles. The van der Waals surface area contributed by atoms with Gasteiger partial charge in [-0.15, -0.1) is 5.54 Å². The van der Waals surface area contributed by atoms with Crippen molar-refractivity contribution in [1.82, 2.24) is 10.3 Å². The Labute approximate surface area is 197 Å². The Balaban J connectivity index is 2.48. The Kier molecular flexibility index (Phi) is 8.30. The van der Waals surface area contributed by atoms with Crippen LogP contribution in [-0.2, 0) is 5.54 Å². The Morgan fingerprint density at radius 1 is 1.03 bits per heavy atom. The smallest absolute Gasteiger partial charge is 0.253 e. The summed E-state index contributed by atoms with van der Waals surface area (Å²) in [5, 5.41) is 3.14. The minimum absolute atomic E-state index is 0.146. The zero-order valence-corrected chi connectivity index (χ0v) is 22.6. The molecule has 0 spiro atoms. The normalized spacial score (nSPS) is 12.1. The summed E-state index contributed by atoms with van der Waals surface area (Å²) in [5.74, 6) is 3.30. The molecule has 1 heterocycles. The van der Waals surface area contributed by atoms with Gasteiger partial charge in [0.15, 0.2) is 0 Å². The summed E-state index contributed by atoms with van der Waals surface area (Å²) in [5.41, 5.74) is 6.93. The first-order valence-corrected chi connectivity index (χ1v) is 14.0. The van der Waals surface area contributed by atoms with Gasteiger partial charge in [-0.25, -0.2) is 0 Å². The van der Waals surface area contributed by atoms with E-state index in [0.717, 1.165) is 15.7 Å². The number of hydrogen-bond acceptors (Lipinski definition) is 2. The number of aromatic nitrogens is 1. The molecule has 0 fully saturated rings.